The van der Waals surface area contributed by atoms with E-state index < -0.39 is 36.0 Å². The van der Waals surface area contributed by atoms with E-state index in [0.29, 0.717) is 12.8 Å². The van der Waals surface area contributed by atoms with Gasteiger partial charge in [0.15, 0.2) is 0 Å². The molecule has 0 radical (unpaired) electrons. The first kappa shape index (κ1) is 24.3. The zero-order valence-electron chi connectivity index (χ0n) is 19.3. The first-order chi connectivity index (χ1) is 15.8. The molecule has 7 nitrogen and oxygen atoms in total. The summed E-state index contributed by atoms with van der Waals surface area (Å²) in [5, 5.41) is 14.6. The van der Waals surface area contributed by atoms with E-state index in [9.17, 15) is 19.5 Å². The summed E-state index contributed by atoms with van der Waals surface area (Å²) in [6, 6.07) is 14.7. The molecule has 0 aromatic heterocycles. The summed E-state index contributed by atoms with van der Waals surface area (Å²) in [5.74, 6) is -2.13. The minimum absolute atomic E-state index is 0.0472. The fourth-order valence-corrected chi connectivity index (χ4v) is 4.15. The van der Waals surface area contributed by atoms with Gasteiger partial charge in [0.1, 0.15) is 12.6 Å². The highest BCUT2D eigenvalue weighted by molar-refractivity contribution is 5.85. The highest BCUT2D eigenvalue weighted by Crippen LogP contribution is 2.44. The summed E-state index contributed by atoms with van der Waals surface area (Å²) < 4.78 is 5.54. The normalized spacial score (nSPS) is 15.0. The summed E-state index contributed by atoms with van der Waals surface area (Å²) in [6.07, 6.45) is 1.32. The van der Waals surface area contributed by atoms with E-state index in [0.717, 1.165) is 28.7 Å². The van der Waals surface area contributed by atoms with Gasteiger partial charge in [0.05, 0.1) is 5.92 Å². The van der Waals surface area contributed by atoms with Crippen molar-refractivity contribution in [2.45, 2.75) is 58.0 Å². The van der Waals surface area contributed by atoms with Gasteiger partial charge in [0, 0.05) is 12.0 Å². The second-order valence-electron chi connectivity index (χ2n) is 8.59. The van der Waals surface area contributed by atoms with Crippen molar-refractivity contribution in [1.29, 1.82) is 0 Å². The Morgan fingerprint density at radius 1 is 0.970 bits per heavy atom. The average molecular weight is 453 g/mol. The number of ether oxygens (including phenoxy) is 1. The number of alkyl carbamates (subject to hydrolysis) is 1. The van der Waals surface area contributed by atoms with Crippen LogP contribution in [0.15, 0.2) is 48.5 Å². The molecule has 2 aromatic carbocycles. The maximum absolute atomic E-state index is 12.5. The van der Waals surface area contributed by atoms with Crippen LogP contribution in [0.2, 0.25) is 0 Å². The van der Waals surface area contributed by atoms with E-state index in [-0.39, 0.29) is 12.5 Å². The van der Waals surface area contributed by atoms with Crippen molar-refractivity contribution >= 4 is 18.0 Å². The van der Waals surface area contributed by atoms with Crippen LogP contribution in [0, 0.1) is 5.92 Å². The average Bonchev–Trinajstić information content (AvgIpc) is 3.13. The molecule has 0 fully saturated rings. The molecular weight excluding hydrogens is 420 g/mol. The molecule has 0 aliphatic heterocycles. The van der Waals surface area contributed by atoms with Crippen molar-refractivity contribution < 1.29 is 24.2 Å². The number of nitrogens with one attached hydrogen (secondary N) is 2. The molecular formula is C26H32N2O5. The zero-order valence-corrected chi connectivity index (χ0v) is 19.3. The SMILES string of the molecule is CCCC[C@H](NC(=O)C(C)C(C)NC(=O)OCC1c2ccccc2-c2ccccc21)C(=O)O. The zero-order chi connectivity index (χ0) is 24.0. The Morgan fingerprint density at radius 3 is 2.09 bits per heavy atom. The van der Waals surface area contributed by atoms with Crippen molar-refractivity contribution in [2.24, 2.45) is 5.92 Å². The molecule has 1 aliphatic rings. The van der Waals surface area contributed by atoms with Gasteiger partial charge in [0.2, 0.25) is 5.91 Å². The summed E-state index contributed by atoms with van der Waals surface area (Å²) >= 11 is 0. The van der Waals surface area contributed by atoms with Crippen LogP contribution in [0.1, 0.15) is 57.1 Å². The second kappa shape index (κ2) is 11.0. The van der Waals surface area contributed by atoms with E-state index in [1.54, 1.807) is 13.8 Å². The number of carboxylic acids is 1. The van der Waals surface area contributed by atoms with Gasteiger partial charge in [-0.1, -0.05) is 75.2 Å². The van der Waals surface area contributed by atoms with Gasteiger partial charge in [-0.3, -0.25) is 4.79 Å². The van der Waals surface area contributed by atoms with E-state index in [1.807, 2.05) is 43.3 Å². The third kappa shape index (κ3) is 5.72. The Morgan fingerprint density at radius 2 is 1.55 bits per heavy atom. The van der Waals surface area contributed by atoms with Crippen LogP contribution >= 0.6 is 0 Å². The van der Waals surface area contributed by atoms with Crippen molar-refractivity contribution in [3.63, 3.8) is 0 Å². The number of carboxylic acid groups (broad SMARTS) is 1. The third-order valence-electron chi connectivity index (χ3n) is 6.31. The number of unbranched alkanes of at least 4 members (excludes halogenated alkanes) is 1. The Hall–Kier alpha value is -3.35. The highest BCUT2D eigenvalue weighted by Gasteiger charge is 2.30. The number of carbonyl (C=O) groups excluding carboxylic acids is 2. The van der Waals surface area contributed by atoms with E-state index in [4.69, 9.17) is 4.74 Å². The largest absolute Gasteiger partial charge is 0.480 e. The topological polar surface area (TPSA) is 105 Å². The van der Waals surface area contributed by atoms with Gasteiger partial charge >= 0.3 is 12.1 Å². The smallest absolute Gasteiger partial charge is 0.407 e. The fourth-order valence-electron chi connectivity index (χ4n) is 4.15. The molecule has 2 aromatic rings. The molecule has 3 atom stereocenters. The highest BCUT2D eigenvalue weighted by atomic mass is 16.5. The standard InChI is InChI=1S/C26H32N2O5/c1-4-5-14-23(25(30)31)28-24(29)16(2)17(3)27-26(32)33-15-22-20-12-8-6-10-18(20)19-11-7-9-13-21(19)22/h6-13,16-17,22-23H,4-5,14-15H2,1-3H3,(H,27,32)(H,28,29)(H,30,31)/t16?,17?,23-/m0/s1. The Kier molecular flexibility index (Phi) is 8.09. The molecule has 33 heavy (non-hydrogen) atoms. The number of hydrogen-bond donors (Lipinski definition) is 3. The molecule has 3 N–H and O–H groups in total. The summed E-state index contributed by atoms with van der Waals surface area (Å²) in [5.41, 5.74) is 4.55. The van der Waals surface area contributed by atoms with Gasteiger partial charge in [-0.25, -0.2) is 9.59 Å². The lowest BCUT2D eigenvalue weighted by molar-refractivity contribution is -0.142. The predicted octanol–water partition coefficient (Wildman–Crippen LogP) is 4.31. The number of carbonyl (C=O) groups is 3. The number of amides is 2. The van der Waals surface area contributed by atoms with Crippen LogP contribution < -0.4 is 10.6 Å². The van der Waals surface area contributed by atoms with Gasteiger partial charge in [-0.15, -0.1) is 0 Å². The molecule has 1 aliphatic carbocycles. The van der Waals surface area contributed by atoms with Gasteiger partial charge < -0.3 is 20.5 Å². The van der Waals surface area contributed by atoms with Crippen molar-refractivity contribution in [3.05, 3.63) is 59.7 Å². The summed E-state index contributed by atoms with van der Waals surface area (Å²) in [7, 11) is 0. The maximum Gasteiger partial charge on any atom is 0.407 e. The van der Waals surface area contributed by atoms with E-state index in [2.05, 4.69) is 22.8 Å². The Balaban J connectivity index is 1.55. The van der Waals surface area contributed by atoms with Crippen LogP contribution in [-0.2, 0) is 14.3 Å². The lowest BCUT2D eigenvalue weighted by Gasteiger charge is -2.23. The van der Waals surface area contributed by atoms with Crippen LogP contribution in [0.25, 0.3) is 11.1 Å². The molecule has 0 saturated heterocycles. The quantitative estimate of drug-likeness (QED) is 0.498. The van der Waals surface area contributed by atoms with Crippen molar-refractivity contribution in [3.8, 4) is 11.1 Å². The van der Waals surface area contributed by atoms with Crippen LogP contribution in [0.4, 0.5) is 4.79 Å². The first-order valence-electron chi connectivity index (χ1n) is 11.5. The predicted molar refractivity (Wildman–Crippen MR) is 126 cm³/mol. The lowest BCUT2D eigenvalue weighted by atomic mass is 9.98. The van der Waals surface area contributed by atoms with Gasteiger partial charge in [-0.2, -0.15) is 0 Å². The molecule has 3 rings (SSSR count). The fraction of sp³-hybridized carbons (Fsp3) is 0.423. The molecule has 2 unspecified atom stereocenters. The number of fused-ring (bicyclic) bond motifs is 3. The van der Waals surface area contributed by atoms with Crippen LogP contribution in [0.5, 0.6) is 0 Å². The number of benzene rings is 2. The van der Waals surface area contributed by atoms with Crippen molar-refractivity contribution in [1.82, 2.24) is 10.6 Å². The number of aliphatic carboxylic acids is 1. The minimum Gasteiger partial charge on any atom is -0.480 e. The molecule has 0 saturated carbocycles. The molecule has 0 heterocycles. The first-order valence-corrected chi connectivity index (χ1v) is 11.5. The van der Waals surface area contributed by atoms with Gasteiger partial charge in [-0.05, 0) is 35.6 Å². The summed E-state index contributed by atoms with van der Waals surface area (Å²) in [4.78, 5) is 36.4. The Bertz CT molecular complexity index is 960. The van der Waals surface area contributed by atoms with E-state index in [1.165, 1.54) is 0 Å². The molecule has 2 amide bonds. The summed E-state index contributed by atoms with van der Waals surface area (Å²) in [6.45, 7) is 5.50. The monoisotopic (exact) mass is 452 g/mol. The van der Waals surface area contributed by atoms with Crippen LogP contribution in [0.3, 0.4) is 0 Å². The minimum atomic E-state index is -1.05. The Labute approximate surface area is 194 Å². The maximum atomic E-state index is 12.5. The second-order valence-corrected chi connectivity index (χ2v) is 8.59. The molecule has 7 heteroatoms. The van der Waals surface area contributed by atoms with Crippen LogP contribution in [-0.4, -0.2) is 41.8 Å². The third-order valence-corrected chi connectivity index (χ3v) is 6.31. The van der Waals surface area contributed by atoms with E-state index >= 15 is 0 Å². The molecule has 0 spiro atoms. The lowest BCUT2D eigenvalue weighted by Crippen LogP contribution is -2.48. The number of rotatable bonds is 10. The van der Waals surface area contributed by atoms with Gasteiger partial charge in [0.25, 0.3) is 0 Å². The molecule has 0 bridgehead atoms. The molecule has 176 valence electrons. The van der Waals surface area contributed by atoms with Crippen molar-refractivity contribution in [2.75, 3.05) is 6.61 Å². The number of hydrogen-bond acceptors (Lipinski definition) is 4.